The van der Waals surface area contributed by atoms with E-state index in [1.54, 1.807) is 47.1 Å². The smallest absolute Gasteiger partial charge is 0.273 e. The SMILES string of the molecule is Cc1nn(Cc2c(Cl)cccc2Cl)c(C)c1NC(=O)c1cc(-c2ccc(Cl)cc2Cl)n[nH]1. The summed E-state index contributed by atoms with van der Waals surface area (Å²) >= 11 is 24.8. The van der Waals surface area contributed by atoms with Gasteiger partial charge in [-0.2, -0.15) is 10.2 Å². The molecule has 0 aliphatic heterocycles. The Labute approximate surface area is 204 Å². The molecule has 0 fully saturated rings. The lowest BCUT2D eigenvalue weighted by atomic mass is 10.1. The fourth-order valence-corrected chi connectivity index (χ4v) is 4.34. The molecular weight excluding hydrogens is 492 g/mol. The predicted octanol–water partition coefficient (Wildman–Crippen LogP) is 6.80. The first kappa shape index (κ1) is 22.7. The molecule has 0 atom stereocenters. The maximum atomic E-state index is 12.9. The molecule has 0 aliphatic rings. The first-order chi connectivity index (χ1) is 15.2. The van der Waals surface area contributed by atoms with Gasteiger partial charge >= 0.3 is 0 Å². The van der Waals surface area contributed by atoms with Crippen LogP contribution in [0.3, 0.4) is 0 Å². The van der Waals surface area contributed by atoms with Crippen molar-refractivity contribution in [1.29, 1.82) is 0 Å². The topological polar surface area (TPSA) is 75.6 Å². The van der Waals surface area contributed by atoms with Crippen LogP contribution in [-0.2, 0) is 6.54 Å². The Morgan fingerprint density at radius 3 is 2.44 bits per heavy atom. The first-order valence-electron chi connectivity index (χ1n) is 9.53. The van der Waals surface area contributed by atoms with Gasteiger partial charge in [0.15, 0.2) is 0 Å². The summed E-state index contributed by atoms with van der Waals surface area (Å²) in [6.45, 7) is 4.07. The molecule has 1 amide bonds. The zero-order valence-corrected chi connectivity index (χ0v) is 20.0. The van der Waals surface area contributed by atoms with Crippen molar-refractivity contribution < 1.29 is 4.79 Å². The molecule has 0 saturated carbocycles. The van der Waals surface area contributed by atoms with Crippen LogP contribution in [0.1, 0.15) is 27.4 Å². The second kappa shape index (κ2) is 9.16. The Hall–Kier alpha value is -2.51. The number of carbonyl (C=O) groups excluding carboxylic acids is 1. The summed E-state index contributed by atoms with van der Waals surface area (Å²) in [5, 5.41) is 16.5. The molecule has 0 radical (unpaired) electrons. The maximum absolute atomic E-state index is 12.9. The Kier molecular flexibility index (Phi) is 6.49. The van der Waals surface area contributed by atoms with Crippen LogP contribution in [0, 0.1) is 13.8 Å². The van der Waals surface area contributed by atoms with E-state index in [4.69, 9.17) is 46.4 Å². The van der Waals surface area contributed by atoms with Gasteiger partial charge in [-0.3, -0.25) is 14.6 Å². The summed E-state index contributed by atoms with van der Waals surface area (Å²) in [6.07, 6.45) is 0. The maximum Gasteiger partial charge on any atom is 0.273 e. The third kappa shape index (κ3) is 4.50. The van der Waals surface area contributed by atoms with E-state index in [1.807, 2.05) is 13.8 Å². The van der Waals surface area contributed by atoms with Crippen molar-refractivity contribution in [3.63, 3.8) is 0 Å². The van der Waals surface area contributed by atoms with E-state index in [9.17, 15) is 4.79 Å². The Balaban J connectivity index is 1.56. The molecule has 4 aromatic rings. The minimum absolute atomic E-state index is 0.284. The van der Waals surface area contributed by atoms with E-state index in [0.717, 1.165) is 11.3 Å². The Bertz CT molecular complexity index is 1310. The lowest BCUT2D eigenvalue weighted by molar-refractivity contribution is 0.102. The number of hydrogen-bond donors (Lipinski definition) is 2. The molecule has 0 bridgehead atoms. The van der Waals surface area contributed by atoms with Gasteiger partial charge in [-0.25, -0.2) is 0 Å². The van der Waals surface area contributed by atoms with Crippen LogP contribution in [0.15, 0.2) is 42.5 Å². The zero-order valence-electron chi connectivity index (χ0n) is 17.0. The number of anilines is 1. The number of H-pyrrole nitrogens is 1. The highest BCUT2D eigenvalue weighted by Gasteiger charge is 2.19. The van der Waals surface area contributed by atoms with Gasteiger partial charge in [0.05, 0.1) is 34.3 Å². The van der Waals surface area contributed by atoms with Gasteiger partial charge in [-0.15, -0.1) is 0 Å². The van der Waals surface area contributed by atoms with Gasteiger partial charge < -0.3 is 5.32 Å². The van der Waals surface area contributed by atoms with Crippen LogP contribution in [0.5, 0.6) is 0 Å². The predicted molar refractivity (Wildman–Crippen MR) is 129 cm³/mol. The number of aromatic amines is 1. The number of nitrogens with zero attached hydrogens (tertiary/aromatic N) is 3. The van der Waals surface area contributed by atoms with Crippen molar-refractivity contribution in [1.82, 2.24) is 20.0 Å². The number of rotatable bonds is 5. The first-order valence-corrected chi connectivity index (χ1v) is 11.0. The number of nitrogens with one attached hydrogen (secondary N) is 2. The van der Waals surface area contributed by atoms with Crippen LogP contribution < -0.4 is 5.32 Å². The van der Waals surface area contributed by atoms with Crippen LogP contribution in [0.25, 0.3) is 11.3 Å². The average Bonchev–Trinajstić information content (AvgIpc) is 3.32. The van der Waals surface area contributed by atoms with Gasteiger partial charge in [0.1, 0.15) is 5.69 Å². The van der Waals surface area contributed by atoms with Gasteiger partial charge in [-0.1, -0.05) is 52.5 Å². The molecule has 4 rings (SSSR count). The van der Waals surface area contributed by atoms with E-state index in [-0.39, 0.29) is 11.6 Å². The highest BCUT2D eigenvalue weighted by atomic mass is 35.5. The van der Waals surface area contributed by atoms with Crippen molar-refractivity contribution in [2.75, 3.05) is 5.32 Å². The molecule has 2 heterocycles. The highest BCUT2D eigenvalue weighted by molar-refractivity contribution is 6.36. The average molecular weight is 509 g/mol. The van der Waals surface area contributed by atoms with E-state index < -0.39 is 0 Å². The molecule has 2 aromatic heterocycles. The van der Waals surface area contributed by atoms with Crippen LogP contribution in [-0.4, -0.2) is 25.9 Å². The number of hydrogen-bond acceptors (Lipinski definition) is 3. The van der Waals surface area contributed by atoms with Crippen LogP contribution >= 0.6 is 46.4 Å². The number of halogens is 4. The molecule has 0 aliphatic carbocycles. The van der Waals surface area contributed by atoms with Crippen molar-refractivity contribution in [2.24, 2.45) is 0 Å². The number of carbonyl (C=O) groups is 1. The molecule has 0 unspecified atom stereocenters. The molecule has 6 nitrogen and oxygen atoms in total. The van der Waals surface area contributed by atoms with E-state index in [1.165, 1.54) is 0 Å². The Morgan fingerprint density at radius 1 is 1.03 bits per heavy atom. The summed E-state index contributed by atoms with van der Waals surface area (Å²) in [7, 11) is 0. The summed E-state index contributed by atoms with van der Waals surface area (Å²) in [5.41, 5.74) is 4.30. The van der Waals surface area contributed by atoms with Crippen molar-refractivity contribution in [2.45, 2.75) is 20.4 Å². The van der Waals surface area contributed by atoms with Gasteiger partial charge in [0, 0.05) is 26.2 Å². The monoisotopic (exact) mass is 507 g/mol. The van der Waals surface area contributed by atoms with Crippen molar-refractivity contribution in [3.8, 4) is 11.3 Å². The lowest BCUT2D eigenvalue weighted by Crippen LogP contribution is -2.14. The van der Waals surface area contributed by atoms with Gasteiger partial charge in [0.2, 0.25) is 0 Å². The van der Waals surface area contributed by atoms with Gasteiger partial charge in [-0.05, 0) is 50.2 Å². The van der Waals surface area contributed by atoms with E-state index >= 15 is 0 Å². The molecule has 2 N–H and O–H groups in total. The quantitative estimate of drug-likeness (QED) is 0.311. The number of aryl methyl sites for hydroxylation is 1. The molecule has 0 spiro atoms. The zero-order chi connectivity index (χ0) is 23.0. The largest absolute Gasteiger partial charge is 0.318 e. The third-order valence-electron chi connectivity index (χ3n) is 5.02. The summed E-state index contributed by atoms with van der Waals surface area (Å²) in [4.78, 5) is 12.9. The number of benzene rings is 2. The molecule has 2 aromatic carbocycles. The second-order valence-corrected chi connectivity index (χ2v) is 8.81. The normalized spacial score (nSPS) is 11.1. The minimum Gasteiger partial charge on any atom is -0.318 e. The summed E-state index contributed by atoms with van der Waals surface area (Å²) in [6, 6.07) is 12.1. The second-order valence-electron chi connectivity index (χ2n) is 7.15. The highest BCUT2D eigenvalue weighted by Crippen LogP contribution is 2.30. The Morgan fingerprint density at radius 2 is 1.75 bits per heavy atom. The van der Waals surface area contributed by atoms with E-state index in [2.05, 4.69) is 20.6 Å². The molecular formula is C22H17Cl4N5O. The molecule has 0 saturated heterocycles. The minimum atomic E-state index is -0.352. The number of aromatic nitrogens is 4. The van der Waals surface area contributed by atoms with Crippen LogP contribution in [0.2, 0.25) is 20.1 Å². The molecule has 164 valence electrons. The summed E-state index contributed by atoms with van der Waals surface area (Å²) < 4.78 is 1.75. The third-order valence-corrected chi connectivity index (χ3v) is 6.28. The lowest BCUT2D eigenvalue weighted by Gasteiger charge is -2.09. The number of amides is 1. The molecule has 32 heavy (non-hydrogen) atoms. The standard InChI is InChI=1S/C22H17Cl4N5O/c1-11-21(12(2)31(30-11)10-15-16(24)4-3-5-17(15)25)27-22(32)20-9-19(28-29-20)14-7-6-13(23)8-18(14)26/h3-9H,10H2,1-2H3,(H,27,32)(H,28,29). The fourth-order valence-electron chi connectivity index (χ4n) is 3.32. The molecule has 10 heteroatoms. The van der Waals surface area contributed by atoms with E-state index in [0.29, 0.717) is 49.3 Å². The fraction of sp³-hybridized carbons (Fsp3) is 0.136. The van der Waals surface area contributed by atoms with Gasteiger partial charge in [0.25, 0.3) is 5.91 Å². The summed E-state index contributed by atoms with van der Waals surface area (Å²) in [5.74, 6) is -0.352. The van der Waals surface area contributed by atoms with Crippen LogP contribution in [0.4, 0.5) is 5.69 Å². The van der Waals surface area contributed by atoms with Crippen molar-refractivity contribution in [3.05, 3.63) is 85.2 Å². The van der Waals surface area contributed by atoms with Crippen molar-refractivity contribution >= 4 is 58.0 Å².